The molecule has 0 saturated heterocycles. The third kappa shape index (κ3) is 3.95. The van der Waals surface area contributed by atoms with Crippen LogP contribution in [0.4, 0.5) is 30.7 Å². The predicted octanol–water partition coefficient (Wildman–Crippen LogP) is 1.95. The minimum Gasteiger partial charge on any atom is -0.415 e. The van der Waals surface area contributed by atoms with Gasteiger partial charge in [0.15, 0.2) is 0 Å². The largest absolute Gasteiger partial charge is 0.491 e. The molecule has 1 unspecified atom stereocenters. The van der Waals surface area contributed by atoms with Crippen LogP contribution in [0.25, 0.3) is 0 Å². The molecule has 0 amide bonds. The van der Waals surface area contributed by atoms with Crippen molar-refractivity contribution in [1.29, 1.82) is 0 Å². The summed E-state index contributed by atoms with van der Waals surface area (Å²) in [4.78, 5) is 9.63. The molecule has 0 heterocycles. The van der Waals surface area contributed by atoms with Gasteiger partial charge in [0.2, 0.25) is 0 Å². The van der Waals surface area contributed by atoms with Gasteiger partial charge < -0.3 is 4.74 Å². The minimum atomic E-state index is -5.65. The van der Waals surface area contributed by atoms with E-state index in [2.05, 4.69) is 4.74 Å². The standard InChI is InChI=1S/C4HF7O2/c5-1(3(6,7)8)13-2(12)4(9,10)11/h1H. The van der Waals surface area contributed by atoms with Gasteiger partial charge in [-0.25, -0.2) is 4.79 Å². The monoisotopic (exact) mass is 214 g/mol. The first-order valence-electron chi connectivity index (χ1n) is 2.53. The van der Waals surface area contributed by atoms with Crippen molar-refractivity contribution in [1.82, 2.24) is 0 Å². The average Bonchev–Trinajstić information content (AvgIpc) is 1.82. The Hall–Kier alpha value is -1.02. The molecule has 0 aromatic carbocycles. The molecule has 0 bridgehead atoms. The second-order valence-electron chi connectivity index (χ2n) is 1.76. The molecule has 0 aromatic rings. The number of carbonyl (C=O) groups is 1. The zero-order valence-electron chi connectivity index (χ0n) is 5.54. The van der Waals surface area contributed by atoms with Gasteiger partial charge in [-0.3, -0.25) is 0 Å². The van der Waals surface area contributed by atoms with Gasteiger partial charge in [-0.1, -0.05) is 0 Å². The zero-order valence-corrected chi connectivity index (χ0v) is 5.54. The second kappa shape index (κ2) is 3.38. The van der Waals surface area contributed by atoms with Gasteiger partial charge in [0, 0.05) is 0 Å². The summed E-state index contributed by atoms with van der Waals surface area (Å²) in [5.41, 5.74) is 0. The van der Waals surface area contributed by atoms with Crippen molar-refractivity contribution in [2.75, 3.05) is 0 Å². The van der Waals surface area contributed by atoms with Crippen LogP contribution in [0.1, 0.15) is 0 Å². The molecule has 0 aliphatic carbocycles. The molecule has 0 fully saturated rings. The maximum absolute atomic E-state index is 11.6. The number of carbonyl (C=O) groups excluding carboxylic acids is 1. The topological polar surface area (TPSA) is 26.3 Å². The minimum absolute atomic E-state index is 2.42. The predicted molar refractivity (Wildman–Crippen MR) is 23.1 cm³/mol. The van der Waals surface area contributed by atoms with E-state index in [0.717, 1.165) is 0 Å². The van der Waals surface area contributed by atoms with Crippen LogP contribution in [0.3, 0.4) is 0 Å². The van der Waals surface area contributed by atoms with Gasteiger partial charge in [-0.05, 0) is 0 Å². The highest BCUT2D eigenvalue weighted by Crippen LogP contribution is 2.26. The fourth-order valence-electron chi connectivity index (χ4n) is 0.228. The van der Waals surface area contributed by atoms with E-state index in [0.29, 0.717) is 0 Å². The Morgan fingerprint density at radius 2 is 1.46 bits per heavy atom. The summed E-state index contributed by atoms with van der Waals surface area (Å²) < 4.78 is 81.1. The number of ether oxygens (including phenoxy) is 1. The van der Waals surface area contributed by atoms with Crippen LogP contribution in [-0.4, -0.2) is 24.7 Å². The molecule has 0 saturated carbocycles. The molecule has 0 N–H and O–H groups in total. The first-order valence-corrected chi connectivity index (χ1v) is 2.53. The fraction of sp³-hybridized carbons (Fsp3) is 0.750. The number of alkyl halides is 7. The molecule has 0 rings (SSSR count). The van der Waals surface area contributed by atoms with Gasteiger partial charge in [-0.2, -0.15) is 30.7 Å². The molecular weight excluding hydrogens is 213 g/mol. The molecule has 0 aliphatic heterocycles. The summed E-state index contributed by atoms with van der Waals surface area (Å²) >= 11 is 0. The highest BCUT2D eigenvalue weighted by Gasteiger charge is 2.49. The Kier molecular flexibility index (Phi) is 3.12. The van der Waals surface area contributed by atoms with Crippen molar-refractivity contribution in [2.45, 2.75) is 18.7 Å². The first kappa shape index (κ1) is 12.0. The van der Waals surface area contributed by atoms with Crippen molar-refractivity contribution >= 4 is 5.97 Å². The van der Waals surface area contributed by atoms with Crippen molar-refractivity contribution < 1.29 is 40.3 Å². The Bertz CT molecular complexity index is 192. The zero-order chi connectivity index (χ0) is 10.9. The Labute approximate surface area is 66.3 Å². The van der Waals surface area contributed by atoms with Crippen molar-refractivity contribution in [3.63, 3.8) is 0 Å². The smallest absolute Gasteiger partial charge is 0.415 e. The Balaban J connectivity index is 4.24. The Morgan fingerprint density at radius 1 is 1.08 bits per heavy atom. The van der Waals surface area contributed by atoms with Gasteiger partial charge in [-0.15, -0.1) is 0 Å². The average molecular weight is 214 g/mol. The van der Waals surface area contributed by atoms with E-state index in [9.17, 15) is 35.5 Å². The van der Waals surface area contributed by atoms with Crippen molar-refractivity contribution in [3.8, 4) is 0 Å². The summed E-state index contributed by atoms with van der Waals surface area (Å²) in [5.74, 6) is -3.22. The first-order chi connectivity index (χ1) is 5.55. The van der Waals surface area contributed by atoms with E-state index in [-0.39, 0.29) is 0 Å². The van der Waals surface area contributed by atoms with Crippen LogP contribution < -0.4 is 0 Å². The van der Waals surface area contributed by atoms with E-state index in [1.165, 1.54) is 0 Å². The molecule has 0 aliphatic rings. The lowest BCUT2D eigenvalue weighted by atomic mass is 10.6. The number of hydrogen-bond acceptors (Lipinski definition) is 2. The third-order valence-corrected chi connectivity index (χ3v) is 0.699. The maximum Gasteiger partial charge on any atom is 0.491 e. The number of halogens is 7. The molecule has 9 heteroatoms. The Morgan fingerprint density at radius 3 is 1.69 bits per heavy atom. The van der Waals surface area contributed by atoms with Crippen LogP contribution in [-0.2, 0) is 9.53 Å². The van der Waals surface area contributed by atoms with E-state index in [1.54, 1.807) is 0 Å². The van der Waals surface area contributed by atoms with Crippen LogP contribution in [0.5, 0.6) is 0 Å². The third-order valence-electron chi connectivity index (χ3n) is 0.699. The lowest BCUT2D eigenvalue weighted by Gasteiger charge is -2.13. The molecule has 13 heavy (non-hydrogen) atoms. The summed E-state index contributed by atoms with van der Waals surface area (Å²) in [7, 11) is 0. The van der Waals surface area contributed by atoms with Gasteiger partial charge in [0.25, 0.3) is 0 Å². The van der Waals surface area contributed by atoms with Crippen molar-refractivity contribution in [2.24, 2.45) is 0 Å². The van der Waals surface area contributed by atoms with Crippen LogP contribution in [0.2, 0.25) is 0 Å². The van der Waals surface area contributed by atoms with Crippen LogP contribution >= 0.6 is 0 Å². The number of rotatable bonds is 1. The van der Waals surface area contributed by atoms with E-state index < -0.39 is 24.7 Å². The SMILES string of the molecule is O=C(OC(F)C(F)(F)F)C(F)(F)F. The summed E-state index contributed by atoms with van der Waals surface area (Å²) in [6, 6.07) is 0. The normalized spacial score (nSPS) is 15.3. The molecule has 1 atom stereocenters. The fourth-order valence-corrected chi connectivity index (χ4v) is 0.228. The van der Waals surface area contributed by atoms with Crippen LogP contribution in [0.15, 0.2) is 0 Å². The number of esters is 1. The summed E-state index contributed by atoms with van der Waals surface area (Å²) in [6.45, 7) is 0. The summed E-state index contributed by atoms with van der Waals surface area (Å²) in [5, 5.41) is 0. The second-order valence-corrected chi connectivity index (χ2v) is 1.76. The molecule has 78 valence electrons. The van der Waals surface area contributed by atoms with Gasteiger partial charge >= 0.3 is 24.7 Å². The molecular formula is C4HF7O2. The van der Waals surface area contributed by atoms with E-state index >= 15 is 0 Å². The molecule has 2 nitrogen and oxygen atoms in total. The van der Waals surface area contributed by atoms with E-state index in [1.807, 2.05) is 0 Å². The van der Waals surface area contributed by atoms with Gasteiger partial charge in [0.05, 0.1) is 0 Å². The maximum atomic E-state index is 11.6. The number of hydrogen-bond donors (Lipinski definition) is 0. The van der Waals surface area contributed by atoms with Crippen molar-refractivity contribution in [3.05, 3.63) is 0 Å². The van der Waals surface area contributed by atoms with Gasteiger partial charge in [0.1, 0.15) is 0 Å². The quantitative estimate of drug-likeness (QED) is 0.492. The molecule has 0 aromatic heterocycles. The molecule has 0 radical (unpaired) electrons. The lowest BCUT2D eigenvalue weighted by Crippen LogP contribution is -2.35. The highest BCUT2D eigenvalue weighted by atomic mass is 19.4. The summed E-state index contributed by atoms with van der Waals surface area (Å²) in [6.07, 6.45) is -15.6. The highest BCUT2D eigenvalue weighted by molar-refractivity contribution is 5.75. The van der Waals surface area contributed by atoms with Crippen LogP contribution in [0, 0.1) is 0 Å². The lowest BCUT2D eigenvalue weighted by molar-refractivity contribution is -0.274. The molecule has 0 spiro atoms. The van der Waals surface area contributed by atoms with E-state index in [4.69, 9.17) is 0 Å².